The van der Waals surface area contributed by atoms with Crippen molar-refractivity contribution in [2.24, 2.45) is 0 Å². The number of carbonyl (C=O) groups is 1. The van der Waals surface area contributed by atoms with Crippen molar-refractivity contribution in [2.75, 3.05) is 6.54 Å². The molecule has 2 rings (SSSR count). The Morgan fingerprint density at radius 2 is 2.22 bits per heavy atom. The first kappa shape index (κ1) is 12.5. The van der Waals surface area contributed by atoms with Crippen molar-refractivity contribution in [3.8, 4) is 10.6 Å². The smallest absolute Gasteiger partial charge is 0.404 e. The van der Waals surface area contributed by atoms with Crippen LogP contribution in [0.15, 0.2) is 36.5 Å². The van der Waals surface area contributed by atoms with Crippen molar-refractivity contribution in [1.82, 2.24) is 10.3 Å². The molecule has 18 heavy (non-hydrogen) atoms. The molecule has 2 aromatic rings. The van der Waals surface area contributed by atoms with Crippen LogP contribution in [0.5, 0.6) is 0 Å². The highest BCUT2D eigenvalue weighted by molar-refractivity contribution is 7.15. The average molecular weight is 264 g/mol. The molecular weight excluding hydrogens is 252 g/mol. The highest BCUT2D eigenvalue weighted by atomic mass is 32.1. The van der Waals surface area contributed by atoms with Gasteiger partial charge >= 0.3 is 6.09 Å². The topological polar surface area (TPSA) is 82.5 Å². The number of amides is 1. The van der Waals surface area contributed by atoms with Crippen LogP contribution in [0.4, 0.5) is 4.79 Å². The van der Waals surface area contributed by atoms with E-state index in [-0.39, 0.29) is 6.54 Å². The Morgan fingerprint density at radius 1 is 1.39 bits per heavy atom. The zero-order valence-corrected chi connectivity index (χ0v) is 10.2. The van der Waals surface area contributed by atoms with Gasteiger partial charge in [0.05, 0.1) is 17.1 Å². The summed E-state index contributed by atoms with van der Waals surface area (Å²) >= 11 is 1.40. The molecule has 0 bridgehead atoms. The molecule has 2 heterocycles. The van der Waals surface area contributed by atoms with E-state index in [1.54, 1.807) is 12.3 Å². The molecule has 0 radical (unpaired) electrons. The first-order valence-electron chi connectivity index (χ1n) is 5.33. The summed E-state index contributed by atoms with van der Waals surface area (Å²) in [5.74, 6) is 0. The van der Waals surface area contributed by atoms with Gasteiger partial charge in [-0.25, -0.2) is 4.79 Å². The molecule has 3 N–H and O–H groups in total. The van der Waals surface area contributed by atoms with Gasteiger partial charge < -0.3 is 15.5 Å². The fraction of sp³-hybridized carbons (Fsp3) is 0.167. The van der Waals surface area contributed by atoms with Gasteiger partial charge in [-0.1, -0.05) is 6.07 Å². The second-order valence-corrected chi connectivity index (χ2v) is 4.73. The number of thiophene rings is 1. The molecule has 0 fully saturated rings. The minimum absolute atomic E-state index is 0.0164. The van der Waals surface area contributed by atoms with Crippen LogP contribution in [0.25, 0.3) is 10.6 Å². The van der Waals surface area contributed by atoms with E-state index in [1.165, 1.54) is 11.3 Å². The molecule has 94 valence electrons. The Hall–Kier alpha value is -1.92. The summed E-state index contributed by atoms with van der Waals surface area (Å²) in [7, 11) is 0. The molecule has 5 nitrogen and oxygen atoms in total. The molecule has 1 unspecified atom stereocenters. The summed E-state index contributed by atoms with van der Waals surface area (Å²) in [6.45, 7) is -0.0164. The lowest BCUT2D eigenvalue weighted by molar-refractivity contribution is 0.161. The number of hydrogen-bond donors (Lipinski definition) is 3. The van der Waals surface area contributed by atoms with Crippen LogP contribution in [0.3, 0.4) is 0 Å². The van der Waals surface area contributed by atoms with Crippen LogP contribution in [-0.4, -0.2) is 27.8 Å². The van der Waals surface area contributed by atoms with E-state index in [0.29, 0.717) is 4.88 Å². The molecule has 6 heteroatoms. The first-order valence-corrected chi connectivity index (χ1v) is 6.14. The normalized spacial score (nSPS) is 12.1. The summed E-state index contributed by atoms with van der Waals surface area (Å²) in [4.78, 5) is 16.2. The van der Waals surface area contributed by atoms with Crippen LogP contribution in [0.2, 0.25) is 0 Å². The number of aliphatic hydroxyl groups is 1. The van der Waals surface area contributed by atoms with Crippen molar-refractivity contribution in [1.29, 1.82) is 0 Å². The number of pyridine rings is 1. The van der Waals surface area contributed by atoms with Gasteiger partial charge in [-0.3, -0.25) is 4.98 Å². The van der Waals surface area contributed by atoms with E-state index in [9.17, 15) is 9.90 Å². The third-order valence-corrected chi connectivity index (χ3v) is 3.53. The van der Waals surface area contributed by atoms with Crippen molar-refractivity contribution in [2.45, 2.75) is 6.10 Å². The van der Waals surface area contributed by atoms with Gasteiger partial charge in [-0.2, -0.15) is 0 Å². The monoisotopic (exact) mass is 264 g/mol. The zero-order chi connectivity index (χ0) is 13.0. The molecule has 0 aliphatic heterocycles. The lowest BCUT2D eigenvalue weighted by Gasteiger charge is -2.07. The molecule has 0 aliphatic carbocycles. The van der Waals surface area contributed by atoms with E-state index in [4.69, 9.17) is 5.11 Å². The maximum absolute atomic E-state index is 10.3. The van der Waals surface area contributed by atoms with E-state index in [1.807, 2.05) is 24.3 Å². The molecule has 0 saturated heterocycles. The fourth-order valence-electron chi connectivity index (χ4n) is 1.46. The summed E-state index contributed by atoms with van der Waals surface area (Å²) in [6, 6.07) is 9.26. The third-order valence-electron chi connectivity index (χ3n) is 2.32. The number of aromatic nitrogens is 1. The predicted octanol–water partition coefficient (Wildman–Crippen LogP) is 2.11. The van der Waals surface area contributed by atoms with Crippen molar-refractivity contribution in [3.63, 3.8) is 0 Å². The van der Waals surface area contributed by atoms with Crippen LogP contribution < -0.4 is 5.32 Å². The average Bonchev–Trinajstić information content (AvgIpc) is 2.86. The van der Waals surface area contributed by atoms with E-state index >= 15 is 0 Å². The Kier molecular flexibility index (Phi) is 3.91. The molecule has 0 saturated carbocycles. The van der Waals surface area contributed by atoms with Crippen LogP contribution >= 0.6 is 11.3 Å². The van der Waals surface area contributed by atoms with Gasteiger partial charge in [0.2, 0.25) is 0 Å². The molecule has 2 aromatic heterocycles. The quantitative estimate of drug-likeness (QED) is 0.790. The van der Waals surface area contributed by atoms with Crippen LogP contribution in [-0.2, 0) is 0 Å². The lowest BCUT2D eigenvalue weighted by Crippen LogP contribution is -2.26. The van der Waals surface area contributed by atoms with Crippen molar-refractivity contribution >= 4 is 17.4 Å². The molecule has 0 aliphatic rings. The van der Waals surface area contributed by atoms with Gasteiger partial charge in [0.25, 0.3) is 0 Å². The van der Waals surface area contributed by atoms with Crippen LogP contribution in [0.1, 0.15) is 11.0 Å². The first-order chi connectivity index (χ1) is 8.66. The van der Waals surface area contributed by atoms with Crippen LogP contribution in [0, 0.1) is 0 Å². The highest BCUT2D eigenvalue weighted by Gasteiger charge is 2.12. The maximum Gasteiger partial charge on any atom is 0.404 e. The second-order valence-electron chi connectivity index (χ2n) is 3.62. The van der Waals surface area contributed by atoms with Crippen molar-refractivity contribution < 1.29 is 15.0 Å². The summed E-state index contributed by atoms with van der Waals surface area (Å²) < 4.78 is 0. The number of rotatable bonds is 4. The lowest BCUT2D eigenvalue weighted by atomic mass is 10.2. The summed E-state index contributed by atoms with van der Waals surface area (Å²) in [5.41, 5.74) is 0.840. The number of nitrogens with zero attached hydrogens (tertiary/aromatic N) is 1. The minimum Gasteiger partial charge on any atom is -0.465 e. The largest absolute Gasteiger partial charge is 0.465 e. The highest BCUT2D eigenvalue weighted by Crippen LogP contribution is 2.29. The second kappa shape index (κ2) is 5.61. The van der Waals surface area contributed by atoms with Gasteiger partial charge in [-0.05, 0) is 24.3 Å². The Balaban J connectivity index is 2.08. The molecular formula is C12H12N2O3S. The van der Waals surface area contributed by atoms with E-state index in [0.717, 1.165) is 10.6 Å². The summed E-state index contributed by atoms with van der Waals surface area (Å²) in [5, 5.41) is 20.4. The number of aliphatic hydroxyl groups excluding tert-OH is 1. The minimum atomic E-state index is -1.14. The Bertz CT molecular complexity index is 527. The van der Waals surface area contributed by atoms with E-state index in [2.05, 4.69) is 10.3 Å². The Morgan fingerprint density at radius 3 is 2.89 bits per heavy atom. The third kappa shape index (κ3) is 3.06. The number of carboxylic acid groups (broad SMARTS) is 1. The predicted molar refractivity (Wildman–Crippen MR) is 68.5 cm³/mol. The van der Waals surface area contributed by atoms with Gasteiger partial charge in [0.1, 0.15) is 6.10 Å². The van der Waals surface area contributed by atoms with Crippen molar-refractivity contribution in [3.05, 3.63) is 41.4 Å². The molecule has 1 atom stereocenters. The van der Waals surface area contributed by atoms with E-state index < -0.39 is 12.2 Å². The van der Waals surface area contributed by atoms with Gasteiger partial charge in [0, 0.05) is 11.1 Å². The molecule has 0 aromatic carbocycles. The van der Waals surface area contributed by atoms with Gasteiger partial charge in [0.15, 0.2) is 0 Å². The number of hydrogen-bond acceptors (Lipinski definition) is 4. The SMILES string of the molecule is O=C(O)NCC(O)c1ccc(-c2ccccn2)s1. The molecule has 0 spiro atoms. The standard InChI is InChI=1S/C12H12N2O3S/c15-9(7-14-12(16)17)11-5-4-10(18-11)8-3-1-2-6-13-8/h1-6,9,14-15H,7H2,(H,16,17). The Labute approximate surface area is 108 Å². The summed E-state index contributed by atoms with van der Waals surface area (Å²) in [6.07, 6.45) is -0.268. The maximum atomic E-state index is 10.3. The fourth-order valence-corrected chi connectivity index (χ4v) is 2.43. The van der Waals surface area contributed by atoms with Gasteiger partial charge in [-0.15, -0.1) is 11.3 Å². The number of nitrogens with one attached hydrogen (secondary N) is 1. The zero-order valence-electron chi connectivity index (χ0n) is 9.41. The molecule has 1 amide bonds.